The van der Waals surface area contributed by atoms with Crippen molar-refractivity contribution in [3.8, 4) is 22.3 Å². The molecule has 0 unspecified atom stereocenters. The highest BCUT2D eigenvalue weighted by atomic mass is 35.5. The van der Waals surface area contributed by atoms with Gasteiger partial charge in [-0.05, 0) is 61.5 Å². The van der Waals surface area contributed by atoms with Crippen LogP contribution in [0.3, 0.4) is 0 Å². The second kappa shape index (κ2) is 11.7. The number of anilines is 3. The molecule has 0 saturated carbocycles. The van der Waals surface area contributed by atoms with E-state index in [9.17, 15) is 4.79 Å². The van der Waals surface area contributed by atoms with Gasteiger partial charge in [-0.25, -0.2) is 4.98 Å². The van der Waals surface area contributed by atoms with Crippen LogP contribution < -0.4 is 15.8 Å². The van der Waals surface area contributed by atoms with Gasteiger partial charge < -0.3 is 15.1 Å². The summed E-state index contributed by atoms with van der Waals surface area (Å²) in [7, 11) is 0. The Balaban J connectivity index is 1.26. The average Bonchev–Trinajstić information content (AvgIpc) is 3.02. The minimum atomic E-state index is -0.145. The largest absolute Gasteiger partial charge is 0.369 e. The predicted octanol–water partition coefficient (Wildman–Crippen LogP) is 6.08. The van der Waals surface area contributed by atoms with Gasteiger partial charge in [-0.15, -0.1) is 0 Å². The minimum Gasteiger partial charge on any atom is -0.369 e. The third kappa shape index (κ3) is 5.53. The maximum atomic E-state index is 13.6. The Hall–Kier alpha value is -4.27. The summed E-state index contributed by atoms with van der Waals surface area (Å²) in [5, 5.41) is 4.56. The van der Waals surface area contributed by atoms with E-state index in [0.717, 1.165) is 54.9 Å². The molecule has 0 bridgehead atoms. The van der Waals surface area contributed by atoms with Crippen LogP contribution in [-0.2, 0) is 6.54 Å². The smallest absolute Gasteiger partial charge is 0.260 e. The van der Waals surface area contributed by atoms with Crippen LogP contribution in [0.25, 0.3) is 33.3 Å². The van der Waals surface area contributed by atoms with Gasteiger partial charge in [0.1, 0.15) is 5.65 Å². The van der Waals surface area contributed by atoms with Gasteiger partial charge in [0.15, 0.2) is 0 Å². The summed E-state index contributed by atoms with van der Waals surface area (Å²) in [5.74, 6) is 0.440. The van der Waals surface area contributed by atoms with Crippen LogP contribution in [0.5, 0.6) is 0 Å². The third-order valence-corrected chi connectivity index (χ3v) is 8.02. The van der Waals surface area contributed by atoms with Crippen LogP contribution in [-0.4, -0.2) is 57.1 Å². The van der Waals surface area contributed by atoms with E-state index in [-0.39, 0.29) is 5.56 Å². The highest BCUT2D eigenvalue weighted by Crippen LogP contribution is 2.32. The average molecular weight is 566 g/mol. The van der Waals surface area contributed by atoms with Gasteiger partial charge in [-0.3, -0.25) is 14.3 Å². The molecule has 2 aromatic carbocycles. The van der Waals surface area contributed by atoms with E-state index >= 15 is 0 Å². The molecule has 8 nitrogen and oxygen atoms in total. The molecule has 1 aliphatic rings. The Bertz CT molecular complexity index is 1730. The molecule has 208 valence electrons. The second-order valence-electron chi connectivity index (χ2n) is 10.1. The Morgan fingerprint density at radius 1 is 0.878 bits per heavy atom. The molecule has 3 aromatic heterocycles. The fraction of sp³-hybridized carbons (Fsp3) is 0.250. The number of rotatable bonds is 7. The van der Waals surface area contributed by atoms with Crippen LogP contribution in [0.2, 0.25) is 5.02 Å². The molecule has 6 rings (SSSR count). The number of piperazine rings is 1. The third-order valence-electron chi connectivity index (χ3n) is 7.71. The Morgan fingerprint density at radius 3 is 2.37 bits per heavy atom. The molecule has 41 heavy (non-hydrogen) atoms. The molecule has 0 atom stereocenters. The first-order valence-corrected chi connectivity index (χ1v) is 14.4. The highest BCUT2D eigenvalue weighted by molar-refractivity contribution is 6.33. The molecular weight excluding hydrogens is 534 g/mol. The van der Waals surface area contributed by atoms with E-state index in [1.54, 1.807) is 23.2 Å². The molecule has 1 aliphatic heterocycles. The topological polar surface area (TPSA) is 79.2 Å². The molecule has 1 N–H and O–H groups in total. The molecule has 0 radical (unpaired) electrons. The molecular formula is C32H32ClN7O. The molecule has 0 aliphatic carbocycles. The number of benzene rings is 2. The molecule has 9 heteroatoms. The van der Waals surface area contributed by atoms with Crippen molar-refractivity contribution in [3.05, 3.63) is 94.6 Å². The number of pyridine rings is 2. The summed E-state index contributed by atoms with van der Waals surface area (Å²) >= 11 is 6.71. The fourth-order valence-corrected chi connectivity index (χ4v) is 5.64. The molecule has 0 amide bonds. The van der Waals surface area contributed by atoms with Gasteiger partial charge in [0.25, 0.3) is 5.56 Å². The first-order valence-electron chi connectivity index (χ1n) is 14.0. The summed E-state index contributed by atoms with van der Waals surface area (Å²) in [4.78, 5) is 32.0. The number of nitrogens with zero attached hydrogens (tertiary/aromatic N) is 6. The number of aryl methyl sites for hydroxylation is 1. The number of halogens is 1. The highest BCUT2D eigenvalue weighted by Gasteiger charge is 2.17. The number of aromatic nitrogens is 4. The molecule has 1 fully saturated rings. The Kier molecular flexibility index (Phi) is 7.67. The van der Waals surface area contributed by atoms with Crippen LogP contribution >= 0.6 is 11.6 Å². The maximum absolute atomic E-state index is 13.6. The standard InChI is InChI=1S/C32H32ClN7O/c1-3-38-14-16-39(17-15-38)26-10-8-25(9-11-26)36-32-35-21-24-18-28(31(41)40(4-2)30(24)37-32)27-12-7-22(19-29(27)33)23-6-5-13-34-20-23/h5-13,18-21H,3-4,14-17H2,1-2H3,(H,35,36,37). The number of likely N-dealkylation sites (N-methyl/N-ethyl adjacent to an activating group) is 1. The normalized spacial score (nSPS) is 14.0. The van der Waals surface area contributed by atoms with Gasteiger partial charge in [-0.1, -0.05) is 36.7 Å². The van der Waals surface area contributed by atoms with E-state index in [1.165, 1.54) is 5.69 Å². The number of hydrogen-bond acceptors (Lipinski definition) is 7. The van der Waals surface area contributed by atoms with E-state index in [1.807, 2.05) is 55.5 Å². The van der Waals surface area contributed by atoms with Crippen LogP contribution in [0.4, 0.5) is 17.3 Å². The summed E-state index contributed by atoms with van der Waals surface area (Å²) < 4.78 is 1.67. The van der Waals surface area contributed by atoms with Crippen molar-refractivity contribution in [1.82, 2.24) is 24.4 Å². The predicted molar refractivity (Wildman–Crippen MR) is 167 cm³/mol. The first kappa shape index (κ1) is 26.9. The number of fused-ring (bicyclic) bond motifs is 1. The maximum Gasteiger partial charge on any atom is 0.260 e. The van der Waals surface area contributed by atoms with Crippen molar-refractivity contribution < 1.29 is 0 Å². The van der Waals surface area contributed by atoms with Gasteiger partial charge in [0.05, 0.1) is 0 Å². The van der Waals surface area contributed by atoms with Crippen molar-refractivity contribution in [2.24, 2.45) is 0 Å². The number of nitrogens with one attached hydrogen (secondary N) is 1. The van der Waals surface area contributed by atoms with Crippen molar-refractivity contribution in [2.45, 2.75) is 20.4 Å². The Labute approximate surface area is 244 Å². The fourth-order valence-electron chi connectivity index (χ4n) is 5.36. The van der Waals surface area contributed by atoms with Crippen LogP contribution in [0.15, 0.2) is 84.0 Å². The lowest BCUT2D eigenvalue weighted by molar-refractivity contribution is 0.271. The lowest BCUT2D eigenvalue weighted by Gasteiger charge is -2.35. The second-order valence-corrected chi connectivity index (χ2v) is 10.5. The first-order chi connectivity index (χ1) is 20.0. The van der Waals surface area contributed by atoms with Crippen molar-refractivity contribution in [3.63, 3.8) is 0 Å². The molecule has 5 aromatic rings. The van der Waals surface area contributed by atoms with E-state index in [2.05, 4.69) is 44.1 Å². The lowest BCUT2D eigenvalue weighted by atomic mass is 10.0. The van der Waals surface area contributed by atoms with Crippen molar-refractivity contribution in [2.75, 3.05) is 42.9 Å². The summed E-state index contributed by atoms with van der Waals surface area (Å²) in [5.41, 5.74) is 5.62. The summed E-state index contributed by atoms with van der Waals surface area (Å²) in [6.07, 6.45) is 5.27. The minimum absolute atomic E-state index is 0.145. The monoisotopic (exact) mass is 565 g/mol. The SMILES string of the molecule is CCN1CCN(c2ccc(Nc3ncc4cc(-c5ccc(-c6cccnc6)cc5Cl)c(=O)n(CC)c4n3)cc2)CC1. The van der Waals surface area contributed by atoms with E-state index in [0.29, 0.717) is 34.3 Å². The number of hydrogen-bond donors (Lipinski definition) is 1. The summed E-state index contributed by atoms with van der Waals surface area (Å²) in [6.45, 7) is 9.95. The summed E-state index contributed by atoms with van der Waals surface area (Å²) in [6, 6.07) is 19.7. The molecule has 1 saturated heterocycles. The zero-order chi connectivity index (χ0) is 28.3. The zero-order valence-electron chi connectivity index (χ0n) is 23.2. The van der Waals surface area contributed by atoms with E-state index in [4.69, 9.17) is 16.6 Å². The molecule has 4 heterocycles. The van der Waals surface area contributed by atoms with Gasteiger partial charge in [-0.2, -0.15) is 4.98 Å². The Morgan fingerprint density at radius 2 is 1.68 bits per heavy atom. The van der Waals surface area contributed by atoms with Crippen molar-refractivity contribution >= 4 is 40.0 Å². The quantitative estimate of drug-likeness (QED) is 0.256. The van der Waals surface area contributed by atoms with Gasteiger partial charge >= 0.3 is 0 Å². The lowest BCUT2D eigenvalue weighted by Crippen LogP contribution is -2.46. The van der Waals surface area contributed by atoms with Crippen LogP contribution in [0, 0.1) is 0 Å². The van der Waals surface area contributed by atoms with Crippen molar-refractivity contribution in [1.29, 1.82) is 0 Å². The molecule has 0 spiro atoms. The van der Waals surface area contributed by atoms with Crippen LogP contribution in [0.1, 0.15) is 13.8 Å². The van der Waals surface area contributed by atoms with E-state index < -0.39 is 0 Å². The zero-order valence-corrected chi connectivity index (χ0v) is 24.0. The van der Waals surface area contributed by atoms with Gasteiger partial charge in [0, 0.05) is 89.8 Å². The van der Waals surface area contributed by atoms with Gasteiger partial charge in [0.2, 0.25) is 5.95 Å².